The summed E-state index contributed by atoms with van der Waals surface area (Å²) in [6.07, 6.45) is 0. The van der Waals surface area contributed by atoms with E-state index in [1.165, 1.54) is 11.8 Å². The first-order chi connectivity index (χ1) is 6.47. The second-order valence-electron chi connectivity index (χ2n) is 2.67. The normalized spacial score (nSPS) is 11.6. The van der Waals surface area contributed by atoms with Gasteiger partial charge in [0.1, 0.15) is 0 Å². The third-order valence-corrected chi connectivity index (χ3v) is 3.75. The minimum absolute atomic E-state index is 0.0136. The van der Waals surface area contributed by atoms with Crippen molar-refractivity contribution in [2.45, 2.75) is 4.90 Å². The van der Waals surface area contributed by atoms with E-state index in [9.17, 15) is 8.42 Å². The van der Waals surface area contributed by atoms with Gasteiger partial charge in [0.25, 0.3) is 0 Å². The molecular weight excluding hydrogens is 242 g/mol. The van der Waals surface area contributed by atoms with Crippen LogP contribution in [-0.2, 0) is 10.0 Å². The van der Waals surface area contributed by atoms with E-state index in [1.54, 1.807) is 12.1 Å². The molecule has 0 aliphatic rings. The average molecular weight is 252 g/mol. The Morgan fingerprint density at radius 3 is 2.36 bits per heavy atom. The first-order valence-corrected chi connectivity index (χ1v) is 6.94. The van der Waals surface area contributed by atoms with Crippen LogP contribution in [0.15, 0.2) is 29.2 Å². The van der Waals surface area contributed by atoms with Crippen LogP contribution in [0.1, 0.15) is 0 Å². The van der Waals surface area contributed by atoms with Crippen molar-refractivity contribution in [3.05, 3.63) is 29.3 Å². The smallest absolute Gasteiger partial charge is 0.209 e. The molecule has 0 bridgehead atoms. The fourth-order valence-electron chi connectivity index (χ4n) is 0.806. The van der Waals surface area contributed by atoms with E-state index < -0.39 is 10.0 Å². The summed E-state index contributed by atoms with van der Waals surface area (Å²) in [4.78, 5) is 0.984. The highest BCUT2D eigenvalue weighted by Crippen LogP contribution is 2.19. The minimum atomic E-state index is -3.35. The number of hydrogen-bond donors (Lipinski definition) is 1. The quantitative estimate of drug-likeness (QED) is 0.829. The van der Waals surface area contributed by atoms with Crippen LogP contribution in [0.2, 0.25) is 5.02 Å². The predicted octanol–water partition coefficient (Wildman–Crippen LogP) is 1.72. The van der Waals surface area contributed by atoms with Gasteiger partial charge in [-0.1, -0.05) is 11.6 Å². The molecule has 0 heterocycles. The molecule has 0 saturated carbocycles. The van der Waals surface area contributed by atoms with E-state index in [-0.39, 0.29) is 5.75 Å². The first-order valence-electron chi connectivity index (χ1n) is 3.86. The standard InChI is InChI=1S/C8H10ClNO2S2/c9-7-1-3-8(4-2-7)13-5-6-14(10,11)12/h1-4H,5-6H2,(H2,10,11,12). The number of hydrogen-bond acceptors (Lipinski definition) is 3. The number of primary sulfonamides is 1. The predicted molar refractivity (Wildman–Crippen MR) is 60.2 cm³/mol. The lowest BCUT2D eigenvalue weighted by Crippen LogP contribution is -2.17. The largest absolute Gasteiger partial charge is 0.229 e. The summed E-state index contributed by atoms with van der Waals surface area (Å²) < 4.78 is 21.2. The van der Waals surface area contributed by atoms with Crippen LogP contribution in [0.25, 0.3) is 0 Å². The van der Waals surface area contributed by atoms with Crippen LogP contribution < -0.4 is 5.14 Å². The Morgan fingerprint density at radius 1 is 1.29 bits per heavy atom. The fourth-order valence-corrected chi connectivity index (χ4v) is 2.76. The van der Waals surface area contributed by atoms with E-state index in [1.807, 2.05) is 12.1 Å². The summed E-state index contributed by atoms with van der Waals surface area (Å²) in [7, 11) is -3.35. The molecule has 14 heavy (non-hydrogen) atoms. The Morgan fingerprint density at radius 2 is 1.86 bits per heavy atom. The minimum Gasteiger partial charge on any atom is -0.229 e. The third kappa shape index (κ3) is 4.85. The number of sulfonamides is 1. The van der Waals surface area contributed by atoms with Crippen molar-refractivity contribution < 1.29 is 8.42 Å². The van der Waals surface area contributed by atoms with Crippen LogP contribution in [-0.4, -0.2) is 19.9 Å². The summed E-state index contributed by atoms with van der Waals surface area (Å²) >= 11 is 7.13. The molecule has 3 nitrogen and oxygen atoms in total. The highest BCUT2D eigenvalue weighted by Gasteiger charge is 2.02. The maximum atomic E-state index is 10.6. The zero-order valence-corrected chi connectivity index (χ0v) is 9.70. The number of halogens is 1. The summed E-state index contributed by atoms with van der Waals surface area (Å²) in [6, 6.07) is 7.22. The van der Waals surface area contributed by atoms with Gasteiger partial charge in [-0.15, -0.1) is 11.8 Å². The molecule has 0 spiro atoms. The SMILES string of the molecule is NS(=O)(=O)CCSc1ccc(Cl)cc1. The maximum absolute atomic E-state index is 10.6. The molecule has 0 unspecified atom stereocenters. The van der Waals surface area contributed by atoms with Crippen LogP contribution >= 0.6 is 23.4 Å². The van der Waals surface area contributed by atoms with E-state index >= 15 is 0 Å². The first kappa shape index (κ1) is 11.8. The highest BCUT2D eigenvalue weighted by molar-refractivity contribution is 8.00. The molecule has 6 heteroatoms. The van der Waals surface area contributed by atoms with Gasteiger partial charge in [0.05, 0.1) is 5.75 Å². The number of nitrogens with two attached hydrogens (primary N) is 1. The number of rotatable bonds is 4. The summed E-state index contributed by atoms with van der Waals surface area (Å²) in [6.45, 7) is 0. The van der Waals surface area contributed by atoms with Crippen molar-refractivity contribution >= 4 is 33.4 Å². The lowest BCUT2D eigenvalue weighted by Gasteiger charge is -2.00. The molecule has 0 fully saturated rings. The van der Waals surface area contributed by atoms with Gasteiger partial charge in [-0.05, 0) is 24.3 Å². The third-order valence-electron chi connectivity index (χ3n) is 1.45. The van der Waals surface area contributed by atoms with Crippen LogP contribution in [0, 0.1) is 0 Å². The van der Waals surface area contributed by atoms with Gasteiger partial charge in [-0.3, -0.25) is 0 Å². The van der Waals surface area contributed by atoms with E-state index in [0.29, 0.717) is 10.8 Å². The molecule has 0 atom stereocenters. The molecule has 1 aromatic carbocycles. The van der Waals surface area contributed by atoms with Gasteiger partial charge >= 0.3 is 0 Å². The number of thioether (sulfide) groups is 1. The number of benzene rings is 1. The van der Waals surface area contributed by atoms with Gasteiger partial charge < -0.3 is 0 Å². The Bertz CT molecular complexity index is 388. The van der Waals surface area contributed by atoms with E-state index in [2.05, 4.69) is 0 Å². The van der Waals surface area contributed by atoms with Crippen molar-refractivity contribution in [3.8, 4) is 0 Å². The van der Waals surface area contributed by atoms with E-state index in [4.69, 9.17) is 16.7 Å². The molecule has 1 rings (SSSR count). The molecule has 0 aromatic heterocycles. The molecule has 1 aromatic rings. The Kier molecular flexibility index (Phi) is 4.25. The van der Waals surface area contributed by atoms with Gasteiger partial charge in [-0.25, -0.2) is 13.6 Å². The van der Waals surface area contributed by atoms with Crippen molar-refractivity contribution in [1.29, 1.82) is 0 Å². The van der Waals surface area contributed by atoms with Gasteiger partial charge in [0.15, 0.2) is 0 Å². The zero-order valence-electron chi connectivity index (χ0n) is 7.31. The van der Waals surface area contributed by atoms with Crippen molar-refractivity contribution in [2.75, 3.05) is 11.5 Å². The average Bonchev–Trinajstić information content (AvgIpc) is 2.06. The van der Waals surface area contributed by atoms with Crippen molar-refractivity contribution in [3.63, 3.8) is 0 Å². The van der Waals surface area contributed by atoms with Crippen LogP contribution in [0.4, 0.5) is 0 Å². The molecule has 0 aliphatic heterocycles. The highest BCUT2D eigenvalue weighted by atomic mass is 35.5. The monoisotopic (exact) mass is 251 g/mol. The van der Waals surface area contributed by atoms with Crippen LogP contribution in [0.3, 0.4) is 0 Å². The molecular formula is C8H10ClNO2S2. The summed E-state index contributed by atoms with van der Waals surface area (Å²) in [5.74, 6) is 0.445. The molecule has 0 amide bonds. The Hall–Kier alpha value is -0.230. The lowest BCUT2D eigenvalue weighted by atomic mass is 10.4. The molecule has 0 radical (unpaired) electrons. The maximum Gasteiger partial charge on any atom is 0.209 e. The topological polar surface area (TPSA) is 60.2 Å². The summed E-state index contributed by atoms with van der Waals surface area (Å²) in [5.41, 5.74) is 0. The Balaban J connectivity index is 2.43. The molecule has 0 aliphatic carbocycles. The van der Waals surface area contributed by atoms with Crippen molar-refractivity contribution in [2.24, 2.45) is 5.14 Å². The zero-order chi connectivity index (χ0) is 10.6. The van der Waals surface area contributed by atoms with Gasteiger partial charge in [0.2, 0.25) is 10.0 Å². The molecule has 0 saturated heterocycles. The van der Waals surface area contributed by atoms with Crippen molar-refractivity contribution in [1.82, 2.24) is 0 Å². The molecule has 78 valence electrons. The van der Waals surface area contributed by atoms with Gasteiger partial charge in [0, 0.05) is 15.7 Å². The summed E-state index contributed by atoms with van der Waals surface area (Å²) in [5, 5.41) is 5.53. The fraction of sp³-hybridized carbons (Fsp3) is 0.250. The Labute approximate surface area is 92.7 Å². The van der Waals surface area contributed by atoms with Crippen LogP contribution in [0.5, 0.6) is 0 Å². The van der Waals surface area contributed by atoms with Gasteiger partial charge in [-0.2, -0.15) is 0 Å². The second kappa shape index (κ2) is 5.02. The second-order valence-corrected chi connectivity index (χ2v) is 6.01. The lowest BCUT2D eigenvalue weighted by molar-refractivity contribution is 0.599. The molecule has 2 N–H and O–H groups in total. The van der Waals surface area contributed by atoms with E-state index in [0.717, 1.165) is 4.90 Å².